The molecule has 1 saturated heterocycles. The second-order valence-corrected chi connectivity index (χ2v) is 10.5. The Hall–Kier alpha value is -2.39. The van der Waals surface area contributed by atoms with Crippen LogP contribution in [0.4, 0.5) is 0 Å². The third-order valence-electron chi connectivity index (χ3n) is 5.75. The van der Waals surface area contributed by atoms with Crippen molar-refractivity contribution in [2.24, 2.45) is 5.92 Å². The number of nitrogens with zero attached hydrogens (tertiary/aromatic N) is 6. The summed E-state index contributed by atoms with van der Waals surface area (Å²) < 4.78 is 2.05. The van der Waals surface area contributed by atoms with Crippen molar-refractivity contribution in [2.75, 3.05) is 18.8 Å². The largest absolute Gasteiger partial charge is 0.342 e. The number of amides is 1. The zero-order valence-electron chi connectivity index (χ0n) is 19.6. The van der Waals surface area contributed by atoms with Crippen molar-refractivity contribution in [3.63, 3.8) is 0 Å². The van der Waals surface area contributed by atoms with Gasteiger partial charge in [-0.05, 0) is 57.7 Å². The second-order valence-electron chi connectivity index (χ2n) is 8.64. The molecule has 3 aromatic rings. The van der Waals surface area contributed by atoms with E-state index in [1.54, 1.807) is 11.8 Å². The van der Waals surface area contributed by atoms with Crippen molar-refractivity contribution in [2.45, 2.75) is 56.6 Å². The molecule has 0 N–H and O–H groups in total. The Balaban J connectivity index is 1.52. The molecule has 0 atom stereocenters. The predicted molar refractivity (Wildman–Crippen MR) is 133 cm³/mol. The molecule has 9 heteroatoms. The fourth-order valence-electron chi connectivity index (χ4n) is 3.80. The van der Waals surface area contributed by atoms with E-state index < -0.39 is 0 Å². The molecule has 1 amide bonds. The number of carbonyl (C=O) groups excluding carboxylic acids is 1. The van der Waals surface area contributed by atoms with Crippen molar-refractivity contribution in [1.82, 2.24) is 29.6 Å². The van der Waals surface area contributed by atoms with Crippen LogP contribution in [0.2, 0.25) is 0 Å². The van der Waals surface area contributed by atoms with Gasteiger partial charge in [-0.1, -0.05) is 48.1 Å². The quantitative estimate of drug-likeness (QED) is 0.359. The molecular formula is C24H30N6OS2. The summed E-state index contributed by atoms with van der Waals surface area (Å²) in [5.74, 6) is 2.64. The number of hydrogen-bond donors (Lipinski definition) is 0. The Morgan fingerprint density at radius 3 is 2.33 bits per heavy atom. The number of aromatic nitrogens is 5. The van der Waals surface area contributed by atoms with Gasteiger partial charge in [0.1, 0.15) is 5.82 Å². The molecule has 4 rings (SSSR count). The Kier molecular flexibility index (Phi) is 7.70. The lowest BCUT2D eigenvalue weighted by atomic mass is 9.99. The molecule has 0 spiro atoms. The predicted octanol–water partition coefficient (Wildman–Crippen LogP) is 4.63. The van der Waals surface area contributed by atoms with Gasteiger partial charge in [0.2, 0.25) is 5.91 Å². The first-order valence-electron chi connectivity index (χ1n) is 11.3. The van der Waals surface area contributed by atoms with Gasteiger partial charge < -0.3 is 4.90 Å². The molecule has 174 valence electrons. The van der Waals surface area contributed by atoms with E-state index in [4.69, 9.17) is 0 Å². The molecule has 1 fully saturated rings. The van der Waals surface area contributed by atoms with E-state index in [0.29, 0.717) is 17.4 Å². The first-order chi connectivity index (χ1) is 15.9. The summed E-state index contributed by atoms with van der Waals surface area (Å²) in [7, 11) is 0. The van der Waals surface area contributed by atoms with Crippen LogP contribution in [0, 0.1) is 26.7 Å². The van der Waals surface area contributed by atoms with Gasteiger partial charge in [-0.2, -0.15) is 0 Å². The average molecular weight is 483 g/mol. The SMILES string of the molecule is Cc1ccc(-n2c(CSc3nc(C)cc(C)n3)nnc2SCC(=O)N2CCC(C)CC2)cc1. The summed E-state index contributed by atoms with van der Waals surface area (Å²) in [6.07, 6.45) is 2.16. The third-order valence-corrected chi connectivity index (χ3v) is 7.50. The van der Waals surface area contributed by atoms with E-state index in [2.05, 4.69) is 58.3 Å². The third kappa shape index (κ3) is 6.14. The summed E-state index contributed by atoms with van der Waals surface area (Å²) in [5.41, 5.74) is 4.08. The number of benzene rings is 1. The van der Waals surface area contributed by atoms with Gasteiger partial charge in [-0.3, -0.25) is 9.36 Å². The van der Waals surface area contributed by atoms with Gasteiger partial charge in [-0.25, -0.2) is 9.97 Å². The molecule has 1 aliphatic heterocycles. The molecule has 0 saturated carbocycles. The van der Waals surface area contributed by atoms with Gasteiger partial charge in [0, 0.05) is 30.2 Å². The van der Waals surface area contributed by atoms with Crippen LogP contribution in [0.15, 0.2) is 40.6 Å². The summed E-state index contributed by atoms with van der Waals surface area (Å²) in [6.45, 7) is 9.97. The highest BCUT2D eigenvalue weighted by atomic mass is 32.2. The van der Waals surface area contributed by atoms with Crippen LogP contribution in [-0.2, 0) is 10.5 Å². The molecule has 33 heavy (non-hydrogen) atoms. The number of aryl methyl sites for hydroxylation is 3. The second kappa shape index (κ2) is 10.7. The van der Waals surface area contributed by atoms with Gasteiger partial charge in [-0.15, -0.1) is 10.2 Å². The number of likely N-dealkylation sites (tertiary alicyclic amines) is 1. The minimum Gasteiger partial charge on any atom is -0.342 e. The summed E-state index contributed by atoms with van der Waals surface area (Å²) in [6, 6.07) is 10.3. The zero-order valence-corrected chi connectivity index (χ0v) is 21.2. The fraction of sp³-hybridized carbons (Fsp3) is 0.458. The van der Waals surface area contributed by atoms with Crippen LogP contribution in [-0.4, -0.2) is 54.4 Å². The van der Waals surface area contributed by atoms with E-state index in [-0.39, 0.29) is 5.91 Å². The molecule has 2 aromatic heterocycles. The molecule has 0 aliphatic carbocycles. The number of rotatable bonds is 7. The minimum absolute atomic E-state index is 0.171. The standard InChI is InChI=1S/C24H30N6OS2/c1-16-5-7-20(8-6-16)30-21(14-32-23-25-18(3)13-19(4)26-23)27-28-24(30)33-15-22(31)29-11-9-17(2)10-12-29/h5-8,13,17H,9-12,14-15H2,1-4H3. The zero-order chi connectivity index (χ0) is 23.4. The molecule has 0 unspecified atom stereocenters. The maximum atomic E-state index is 12.8. The van der Waals surface area contributed by atoms with E-state index in [9.17, 15) is 4.79 Å². The molecule has 0 bridgehead atoms. The van der Waals surface area contributed by atoms with Gasteiger partial charge in [0.15, 0.2) is 10.3 Å². The highest BCUT2D eigenvalue weighted by molar-refractivity contribution is 7.99. The molecule has 7 nitrogen and oxygen atoms in total. The normalized spacial score (nSPS) is 14.6. The average Bonchev–Trinajstić information content (AvgIpc) is 3.19. The van der Waals surface area contributed by atoms with Crippen molar-refractivity contribution in [3.05, 3.63) is 53.1 Å². The van der Waals surface area contributed by atoms with Gasteiger partial charge in [0.25, 0.3) is 0 Å². The fourth-order valence-corrected chi connectivity index (χ4v) is 5.54. The minimum atomic E-state index is 0.171. The Morgan fingerprint density at radius 2 is 1.67 bits per heavy atom. The molecular weight excluding hydrogens is 452 g/mol. The van der Waals surface area contributed by atoms with Gasteiger partial charge >= 0.3 is 0 Å². The maximum Gasteiger partial charge on any atom is 0.233 e. The number of piperidine rings is 1. The Bertz CT molecular complexity index is 1090. The van der Waals surface area contributed by atoms with Crippen molar-refractivity contribution in [1.29, 1.82) is 0 Å². The van der Waals surface area contributed by atoms with E-state index in [1.807, 2.05) is 29.4 Å². The summed E-state index contributed by atoms with van der Waals surface area (Å²) in [5, 5.41) is 10.4. The van der Waals surface area contributed by atoms with Crippen LogP contribution in [0.25, 0.3) is 5.69 Å². The van der Waals surface area contributed by atoms with Crippen molar-refractivity contribution in [3.8, 4) is 5.69 Å². The maximum absolute atomic E-state index is 12.8. The molecule has 0 radical (unpaired) electrons. The monoisotopic (exact) mass is 482 g/mol. The summed E-state index contributed by atoms with van der Waals surface area (Å²) >= 11 is 3.00. The van der Waals surface area contributed by atoms with Gasteiger partial charge in [0.05, 0.1) is 11.5 Å². The lowest BCUT2D eigenvalue weighted by Gasteiger charge is -2.30. The van der Waals surface area contributed by atoms with Crippen molar-refractivity contribution < 1.29 is 4.79 Å². The van der Waals surface area contributed by atoms with E-state index >= 15 is 0 Å². The smallest absolute Gasteiger partial charge is 0.233 e. The molecule has 3 heterocycles. The highest BCUT2D eigenvalue weighted by Crippen LogP contribution is 2.27. The first-order valence-corrected chi connectivity index (χ1v) is 13.2. The van der Waals surface area contributed by atoms with Crippen LogP contribution >= 0.6 is 23.5 Å². The Morgan fingerprint density at radius 1 is 1.00 bits per heavy atom. The first kappa shape index (κ1) is 23.8. The van der Waals surface area contributed by atoms with Crippen LogP contribution in [0.5, 0.6) is 0 Å². The summed E-state index contributed by atoms with van der Waals surface area (Å²) in [4.78, 5) is 23.8. The Labute approximate surface area is 203 Å². The van der Waals surface area contributed by atoms with Crippen LogP contribution in [0.1, 0.15) is 42.5 Å². The van der Waals surface area contributed by atoms with E-state index in [0.717, 1.165) is 59.1 Å². The van der Waals surface area contributed by atoms with Crippen LogP contribution < -0.4 is 0 Å². The van der Waals surface area contributed by atoms with E-state index in [1.165, 1.54) is 17.3 Å². The number of carbonyl (C=O) groups is 1. The lowest BCUT2D eigenvalue weighted by molar-refractivity contribution is -0.129. The number of hydrogen-bond acceptors (Lipinski definition) is 7. The topological polar surface area (TPSA) is 76.8 Å². The van der Waals surface area contributed by atoms with Crippen LogP contribution in [0.3, 0.4) is 0 Å². The highest BCUT2D eigenvalue weighted by Gasteiger charge is 2.22. The van der Waals surface area contributed by atoms with Crippen molar-refractivity contribution >= 4 is 29.4 Å². The lowest BCUT2D eigenvalue weighted by Crippen LogP contribution is -2.38. The molecule has 1 aromatic carbocycles. The number of thioether (sulfide) groups is 2. The molecule has 1 aliphatic rings.